The van der Waals surface area contributed by atoms with E-state index >= 15 is 0 Å². The van der Waals surface area contributed by atoms with Crippen molar-refractivity contribution in [2.45, 2.75) is 19.9 Å². The molecule has 0 fully saturated rings. The number of hydrogen-bond acceptors (Lipinski definition) is 3. The number of nitrogens with zero attached hydrogens (tertiary/aromatic N) is 1. The van der Waals surface area contributed by atoms with Gasteiger partial charge in [-0.15, -0.1) is 0 Å². The minimum atomic E-state index is -0.152. The van der Waals surface area contributed by atoms with Crippen LogP contribution >= 0.6 is 0 Å². The highest BCUT2D eigenvalue weighted by molar-refractivity contribution is 6.04. The quantitative estimate of drug-likeness (QED) is 0.852. The molecule has 4 nitrogen and oxygen atoms in total. The van der Waals surface area contributed by atoms with E-state index in [1.807, 2.05) is 32.0 Å². The number of methoxy groups -OCH3 is 1. The molecule has 1 amide bonds. The molecule has 1 aliphatic heterocycles. The van der Waals surface area contributed by atoms with Gasteiger partial charge in [-0.25, -0.2) is 0 Å². The first kappa shape index (κ1) is 11.8. The predicted molar refractivity (Wildman–Crippen MR) is 68.7 cm³/mol. The Labute approximate surface area is 102 Å². The molecule has 0 aliphatic carbocycles. The molecule has 1 aromatic rings. The Morgan fingerprint density at radius 3 is 2.71 bits per heavy atom. The van der Waals surface area contributed by atoms with Crippen LogP contribution in [-0.2, 0) is 4.79 Å². The zero-order valence-electron chi connectivity index (χ0n) is 10.7. The average molecular weight is 234 g/mol. The number of hydrogen-bond donors (Lipinski definition) is 1. The van der Waals surface area contributed by atoms with Crippen molar-refractivity contribution in [3.8, 4) is 5.75 Å². The molecule has 1 aromatic carbocycles. The third kappa shape index (κ3) is 1.95. The highest BCUT2D eigenvalue weighted by atomic mass is 16.5. The maximum Gasteiger partial charge on any atom is 0.249 e. The molecule has 1 aliphatic rings. The van der Waals surface area contributed by atoms with Gasteiger partial charge in [0.2, 0.25) is 5.91 Å². The van der Waals surface area contributed by atoms with Gasteiger partial charge in [-0.3, -0.25) is 4.79 Å². The van der Waals surface area contributed by atoms with Gasteiger partial charge < -0.3 is 15.0 Å². The maximum absolute atomic E-state index is 12.2. The van der Waals surface area contributed by atoms with Gasteiger partial charge in [-0.05, 0) is 18.1 Å². The number of amides is 1. The molecule has 1 heterocycles. The summed E-state index contributed by atoms with van der Waals surface area (Å²) < 4.78 is 5.17. The van der Waals surface area contributed by atoms with Gasteiger partial charge in [-0.2, -0.15) is 0 Å². The second kappa shape index (κ2) is 4.28. The number of rotatable bonds is 2. The number of ether oxygens (including phenoxy) is 1. The van der Waals surface area contributed by atoms with Gasteiger partial charge in [0.25, 0.3) is 0 Å². The van der Waals surface area contributed by atoms with Gasteiger partial charge in [-0.1, -0.05) is 13.8 Å². The molecule has 4 heteroatoms. The van der Waals surface area contributed by atoms with E-state index in [0.29, 0.717) is 0 Å². The van der Waals surface area contributed by atoms with Crippen LogP contribution in [0.1, 0.15) is 13.8 Å². The van der Waals surface area contributed by atoms with Crippen molar-refractivity contribution in [3.05, 3.63) is 18.2 Å². The normalized spacial score (nSPS) is 19.0. The van der Waals surface area contributed by atoms with Crippen molar-refractivity contribution in [1.82, 2.24) is 0 Å². The first-order valence-corrected chi connectivity index (χ1v) is 5.76. The number of fused-ring (bicyclic) bond motifs is 1. The molecule has 2 rings (SSSR count). The Bertz CT molecular complexity index is 443. The number of carbonyl (C=O) groups excluding carboxylic acids is 1. The largest absolute Gasteiger partial charge is 0.497 e. The monoisotopic (exact) mass is 234 g/mol. The molecule has 0 radical (unpaired) electrons. The number of benzene rings is 1. The van der Waals surface area contributed by atoms with Crippen LogP contribution in [0.5, 0.6) is 5.75 Å². The van der Waals surface area contributed by atoms with Crippen LogP contribution in [0.4, 0.5) is 11.4 Å². The van der Waals surface area contributed by atoms with Crippen LogP contribution in [0.25, 0.3) is 0 Å². The SMILES string of the molecule is COc1ccc2c(c1)N(C)C(=O)C(C(C)C)N2. The first-order chi connectivity index (χ1) is 8.04. The van der Waals surface area contributed by atoms with E-state index in [2.05, 4.69) is 5.32 Å². The Balaban J connectivity index is 2.41. The molecule has 1 atom stereocenters. The Hall–Kier alpha value is -1.71. The van der Waals surface area contributed by atoms with Crippen molar-refractivity contribution in [2.75, 3.05) is 24.4 Å². The van der Waals surface area contributed by atoms with Crippen molar-refractivity contribution >= 4 is 17.3 Å². The molecule has 0 aromatic heterocycles. The highest BCUT2D eigenvalue weighted by Crippen LogP contribution is 2.35. The zero-order valence-corrected chi connectivity index (χ0v) is 10.7. The Morgan fingerprint density at radius 2 is 2.12 bits per heavy atom. The summed E-state index contributed by atoms with van der Waals surface area (Å²) in [6.45, 7) is 4.08. The van der Waals surface area contributed by atoms with Crippen molar-refractivity contribution in [1.29, 1.82) is 0 Å². The minimum Gasteiger partial charge on any atom is -0.497 e. The molecular weight excluding hydrogens is 216 g/mol. The van der Waals surface area contributed by atoms with E-state index in [1.54, 1.807) is 19.1 Å². The summed E-state index contributed by atoms with van der Waals surface area (Å²) in [5, 5.41) is 3.28. The van der Waals surface area contributed by atoms with E-state index in [1.165, 1.54) is 0 Å². The summed E-state index contributed by atoms with van der Waals surface area (Å²) in [4.78, 5) is 13.8. The van der Waals surface area contributed by atoms with Gasteiger partial charge >= 0.3 is 0 Å². The van der Waals surface area contributed by atoms with E-state index in [4.69, 9.17) is 4.74 Å². The topological polar surface area (TPSA) is 41.6 Å². The Kier molecular flexibility index (Phi) is 2.96. The molecule has 1 unspecified atom stereocenters. The lowest BCUT2D eigenvalue weighted by molar-refractivity contribution is -0.120. The van der Waals surface area contributed by atoms with E-state index in [0.717, 1.165) is 17.1 Å². The van der Waals surface area contributed by atoms with Crippen LogP contribution in [0.2, 0.25) is 0 Å². The zero-order chi connectivity index (χ0) is 12.6. The molecular formula is C13H18N2O2. The van der Waals surface area contributed by atoms with Crippen LogP contribution in [0.3, 0.4) is 0 Å². The lowest BCUT2D eigenvalue weighted by Gasteiger charge is -2.35. The number of anilines is 2. The molecule has 92 valence electrons. The second-order valence-electron chi connectivity index (χ2n) is 4.65. The molecule has 0 saturated carbocycles. The summed E-state index contributed by atoms with van der Waals surface area (Å²) >= 11 is 0. The summed E-state index contributed by atoms with van der Waals surface area (Å²) in [6, 6.07) is 5.57. The van der Waals surface area contributed by atoms with Crippen molar-refractivity contribution in [3.63, 3.8) is 0 Å². The summed E-state index contributed by atoms with van der Waals surface area (Å²) in [5.74, 6) is 1.12. The third-order valence-electron chi connectivity index (χ3n) is 3.14. The maximum atomic E-state index is 12.2. The average Bonchev–Trinajstić information content (AvgIpc) is 2.33. The summed E-state index contributed by atoms with van der Waals surface area (Å²) in [7, 11) is 3.42. The van der Waals surface area contributed by atoms with Crippen molar-refractivity contribution in [2.24, 2.45) is 5.92 Å². The smallest absolute Gasteiger partial charge is 0.249 e. The van der Waals surface area contributed by atoms with Crippen LogP contribution in [0.15, 0.2) is 18.2 Å². The molecule has 0 spiro atoms. The highest BCUT2D eigenvalue weighted by Gasteiger charge is 2.32. The van der Waals surface area contributed by atoms with E-state index in [9.17, 15) is 4.79 Å². The van der Waals surface area contributed by atoms with E-state index in [-0.39, 0.29) is 17.9 Å². The summed E-state index contributed by atoms with van der Waals surface area (Å²) in [5.41, 5.74) is 1.85. The predicted octanol–water partition coefficient (Wildman–Crippen LogP) is 2.11. The number of carbonyl (C=O) groups is 1. The van der Waals surface area contributed by atoms with Crippen LogP contribution in [-0.4, -0.2) is 26.1 Å². The summed E-state index contributed by atoms with van der Waals surface area (Å²) in [6.07, 6.45) is 0. The molecule has 17 heavy (non-hydrogen) atoms. The molecule has 1 N–H and O–H groups in total. The minimum absolute atomic E-state index is 0.0979. The molecule has 0 bridgehead atoms. The van der Waals surface area contributed by atoms with Crippen molar-refractivity contribution < 1.29 is 9.53 Å². The lowest BCUT2D eigenvalue weighted by atomic mass is 9.99. The second-order valence-corrected chi connectivity index (χ2v) is 4.65. The number of likely N-dealkylation sites (N-methyl/N-ethyl adjacent to an activating group) is 1. The first-order valence-electron chi connectivity index (χ1n) is 5.76. The number of nitrogens with one attached hydrogen (secondary N) is 1. The standard InChI is InChI=1S/C13H18N2O2/c1-8(2)12-13(16)15(3)11-7-9(17-4)5-6-10(11)14-12/h5-8,12,14H,1-4H3. The van der Waals surface area contributed by atoms with Gasteiger partial charge in [0.1, 0.15) is 11.8 Å². The van der Waals surface area contributed by atoms with Gasteiger partial charge in [0.15, 0.2) is 0 Å². The van der Waals surface area contributed by atoms with Gasteiger partial charge in [0.05, 0.1) is 18.5 Å². The fraction of sp³-hybridized carbons (Fsp3) is 0.462. The fourth-order valence-corrected chi connectivity index (χ4v) is 2.05. The third-order valence-corrected chi connectivity index (χ3v) is 3.14. The van der Waals surface area contributed by atoms with E-state index < -0.39 is 0 Å². The fourth-order valence-electron chi connectivity index (χ4n) is 2.05. The Morgan fingerprint density at radius 1 is 1.41 bits per heavy atom. The van der Waals surface area contributed by atoms with Crippen LogP contribution in [0, 0.1) is 5.92 Å². The van der Waals surface area contributed by atoms with Crippen LogP contribution < -0.4 is 15.0 Å². The lowest BCUT2D eigenvalue weighted by Crippen LogP contribution is -2.47. The van der Waals surface area contributed by atoms with Gasteiger partial charge in [0, 0.05) is 13.1 Å². The molecule has 0 saturated heterocycles.